The van der Waals surface area contributed by atoms with E-state index in [2.05, 4.69) is 27.3 Å². The average molecular weight is 331 g/mol. The SMILES string of the molecule is COc1ccc(CCNc2ccc(Br)cc2C#N)cc1. The highest BCUT2D eigenvalue weighted by Gasteiger charge is 2.02. The number of hydrogen-bond donors (Lipinski definition) is 1. The molecule has 20 heavy (non-hydrogen) atoms. The molecule has 0 heterocycles. The first-order valence-corrected chi connectivity index (χ1v) is 7.08. The summed E-state index contributed by atoms with van der Waals surface area (Å²) in [5, 5.41) is 12.4. The Morgan fingerprint density at radius 1 is 1.20 bits per heavy atom. The van der Waals surface area contributed by atoms with E-state index >= 15 is 0 Å². The van der Waals surface area contributed by atoms with Crippen LogP contribution in [0.2, 0.25) is 0 Å². The zero-order chi connectivity index (χ0) is 14.4. The van der Waals surface area contributed by atoms with Crippen LogP contribution in [0.5, 0.6) is 5.75 Å². The molecule has 0 radical (unpaired) electrons. The number of ether oxygens (including phenoxy) is 1. The molecule has 0 atom stereocenters. The molecule has 3 nitrogen and oxygen atoms in total. The molecule has 4 heteroatoms. The monoisotopic (exact) mass is 330 g/mol. The maximum atomic E-state index is 9.09. The van der Waals surface area contributed by atoms with Crippen molar-refractivity contribution in [1.82, 2.24) is 0 Å². The Morgan fingerprint density at radius 3 is 2.60 bits per heavy atom. The second kappa shape index (κ2) is 6.97. The number of nitriles is 1. The van der Waals surface area contributed by atoms with Crippen LogP contribution in [0.4, 0.5) is 5.69 Å². The highest BCUT2D eigenvalue weighted by atomic mass is 79.9. The van der Waals surface area contributed by atoms with Gasteiger partial charge in [0.2, 0.25) is 0 Å². The maximum Gasteiger partial charge on any atom is 0.118 e. The fourth-order valence-corrected chi connectivity index (χ4v) is 2.26. The van der Waals surface area contributed by atoms with Gasteiger partial charge in [-0.25, -0.2) is 0 Å². The van der Waals surface area contributed by atoms with Gasteiger partial charge in [-0.1, -0.05) is 28.1 Å². The zero-order valence-electron chi connectivity index (χ0n) is 11.2. The molecule has 2 aromatic carbocycles. The smallest absolute Gasteiger partial charge is 0.118 e. The van der Waals surface area contributed by atoms with Crippen molar-refractivity contribution in [3.05, 3.63) is 58.1 Å². The molecule has 0 bridgehead atoms. The van der Waals surface area contributed by atoms with Crippen molar-refractivity contribution in [1.29, 1.82) is 5.26 Å². The van der Waals surface area contributed by atoms with E-state index < -0.39 is 0 Å². The normalized spacial score (nSPS) is 9.85. The molecular weight excluding hydrogens is 316 g/mol. The van der Waals surface area contributed by atoms with Gasteiger partial charge in [-0.3, -0.25) is 0 Å². The number of anilines is 1. The highest BCUT2D eigenvalue weighted by molar-refractivity contribution is 9.10. The molecule has 0 amide bonds. The van der Waals surface area contributed by atoms with E-state index in [9.17, 15) is 0 Å². The second-order valence-corrected chi connectivity index (χ2v) is 5.24. The summed E-state index contributed by atoms with van der Waals surface area (Å²) >= 11 is 3.36. The van der Waals surface area contributed by atoms with Crippen LogP contribution in [0.1, 0.15) is 11.1 Å². The van der Waals surface area contributed by atoms with Crippen molar-refractivity contribution in [2.45, 2.75) is 6.42 Å². The standard InChI is InChI=1S/C16H15BrN2O/c1-20-15-5-2-12(3-6-15)8-9-19-16-7-4-14(17)10-13(16)11-18/h2-7,10,19H,8-9H2,1H3. The molecule has 2 rings (SSSR count). The van der Waals surface area contributed by atoms with Gasteiger partial charge < -0.3 is 10.1 Å². The number of halogens is 1. The van der Waals surface area contributed by atoms with Crippen molar-refractivity contribution in [2.24, 2.45) is 0 Å². The summed E-state index contributed by atoms with van der Waals surface area (Å²) in [5.41, 5.74) is 2.74. The Balaban J connectivity index is 1.94. The van der Waals surface area contributed by atoms with Crippen LogP contribution in [-0.4, -0.2) is 13.7 Å². The molecule has 0 aliphatic carbocycles. The summed E-state index contributed by atoms with van der Waals surface area (Å²) < 4.78 is 6.04. The third kappa shape index (κ3) is 3.75. The quantitative estimate of drug-likeness (QED) is 0.901. The lowest BCUT2D eigenvalue weighted by molar-refractivity contribution is 0.414. The summed E-state index contributed by atoms with van der Waals surface area (Å²) in [7, 11) is 1.66. The van der Waals surface area contributed by atoms with E-state index in [-0.39, 0.29) is 0 Å². The van der Waals surface area contributed by atoms with Crippen molar-refractivity contribution in [3.8, 4) is 11.8 Å². The van der Waals surface area contributed by atoms with Crippen LogP contribution in [0.25, 0.3) is 0 Å². The van der Waals surface area contributed by atoms with Crippen molar-refractivity contribution < 1.29 is 4.74 Å². The van der Waals surface area contributed by atoms with Crippen LogP contribution >= 0.6 is 15.9 Å². The maximum absolute atomic E-state index is 9.09. The predicted molar refractivity (Wildman–Crippen MR) is 84.0 cm³/mol. The number of methoxy groups -OCH3 is 1. The number of hydrogen-bond acceptors (Lipinski definition) is 3. The number of benzene rings is 2. The topological polar surface area (TPSA) is 45.0 Å². The Hall–Kier alpha value is -1.99. The second-order valence-electron chi connectivity index (χ2n) is 4.33. The fourth-order valence-electron chi connectivity index (χ4n) is 1.90. The van der Waals surface area contributed by atoms with Gasteiger partial charge >= 0.3 is 0 Å². The van der Waals surface area contributed by atoms with Gasteiger partial charge in [0, 0.05) is 11.0 Å². The highest BCUT2D eigenvalue weighted by Crippen LogP contribution is 2.20. The Kier molecular flexibility index (Phi) is 5.03. The number of nitrogens with one attached hydrogen (secondary N) is 1. The van der Waals surface area contributed by atoms with Crippen molar-refractivity contribution >= 4 is 21.6 Å². The zero-order valence-corrected chi connectivity index (χ0v) is 12.8. The minimum Gasteiger partial charge on any atom is -0.497 e. The lowest BCUT2D eigenvalue weighted by Crippen LogP contribution is -2.06. The van der Waals surface area contributed by atoms with Crippen LogP contribution in [-0.2, 0) is 6.42 Å². The van der Waals surface area contributed by atoms with Gasteiger partial charge in [0.1, 0.15) is 11.8 Å². The molecule has 0 fully saturated rings. The lowest BCUT2D eigenvalue weighted by Gasteiger charge is -2.09. The third-order valence-electron chi connectivity index (χ3n) is 2.99. The van der Waals surface area contributed by atoms with E-state index in [1.807, 2.05) is 42.5 Å². The van der Waals surface area contributed by atoms with E-state index in [1.165, 1.54) is 5.56 Å². The predicted octanol–water partition coefficient (Wildman–Crippen LogP) is 3.98. The summed E-state index contributed by atoms with van der Waals surface area (Å²) in [5.74, 6) is 0.862. The van der Waals surface area contributed by atoms with E-state index in [0.717, 1.165) is 28.9 Å². The first kappa shape index (κ1) is 14.4. The van der Waals surface area contributed by atoms with Crippen LogP contribution in [0.3, 0.4) is 0 Å². The summed E-state index contributed by atoms with van der Waals surface area (Å²) in [4.78, 5) is 0. The third-order valence-corrected chi connectivity index (χ3v) is 3.48. The van der Waals surface area contributed by atoms with Gasteiger partial charge in [-0.2, -0.15) is 5.26 Å². The average Bonchev–Trinajstić information content (AvgIpc) is 2.49. The minimum atomic E-state index is 0.647. The Morgan fingerprint density at radius 2 is 1.95 bits per heavy atom. The molecule has 0 aliphatic rings. The van der Waals surface area contributed by atoms with Crippen LogP contribution in [0, 0.1) is 11.3 Å². The largest absolute Gasteiger partial charge is 0.497 e. The molecule has 1 N–H and O–H groups in total. The molecule has 0 saturated heterocycles. The van der Waals surface area contributed by atoms with Crippen LogP contribution in [0.15, 0.2) is 46.9 Å². The van der Waals surface area contributed by atoms with Crippen molar-refractivity contribution in [2.75, 3.05) is 19.0 Å². The molecule has 2 aromatic rings. The van der Waals surface area contributed by atoms with Gasteiger partial charge in [-0.15, -0.1) is 0 Å². The number of nitrogens with zero attached hydrogens (tertiary/aromatic N) is 1. The Labute approximate surface area is 127 Å². The van der Waals surface area contributed by atoms with Gasteiger partial charge in [0.25, 0.3) is 0 Å². The van der Waals surface area contributed by atoms with E-state index in [0.29, 0.717) is 5.56 Å². The first-order valence-electron chi connectivity index (χ1n) is 6.29. The van der Waals surface area contributed by atoms with Gasteiger partial charge in [0.05, 0.1) is 18.4 Å². The first-order chi connectivity index (χ1) is 9.72. The molecule has 0 aliphatic heterocycles. The van der Waals surface area contributed by atoms with E-state index in [4.69, 9.17) is 10.00 Å². The Bertz CT molecular complexity index is 617. The molecule has 0 saturated carbocycles. The molecule has 0 spiro atoms. The molecule has 102 valence electrons. The molecule has 0 unspecified atom stereocenters. The number of rotatable bonds is 5. The fraction of sp³-hybridized carbons (Fsp3) is 0.188. The van der Waals surface area contributed by atoms with Gasteiger partial charge in [0.15, 0.2) is 0 Å². The summed E-state index contributed by atoms with van der Waals surface area (Å²) in [6.45, 7) is 0.780. The summed E-state index contributed by atoms with van der Waals surface area (Å²) in [6, 6.07) is 15.9. The molecule has 0 aromatic heterocycles. The van der Waals surface area contributed by atoms with E-state index in [1.54, 1.807) is 7.11 Å². The molecular formula is C16H15BrN2O. The summed E-state index contributed by atoms with van der Waals surface area (Å²) in [6.07, 6.45) is 0.894. The lowest BCUT2D eigenvalue weighted by atomic mass is 10.1. The minimum absolute atomic E-state index is 0.647. The van der Waals surface area contributed by atoms with Crippen LogP contribution < -0.4 is 10.1 Å². The van der Waals surface area contributed by atoms with Crippen molar-refractivity contribution in [3.63, 3.8) is 0 Å². The van der Waals surface area contributed by atoms with Gasteiger partial charge in [-0.05, 0) is 42.3 Å².